The Hall–Kier alpha value is -2.73. The standard InChI is InChI=1S/C20H16BrNO4/c1-3-18(23)25-17-9-8-15(21)10-14(17)11-16-20(24)26-19(22-16)13-6-4-12(2)5-7-13/h4-11H,3H2,1-2H3/b16-11-. The van der Waals surface area contributed by atoms with Crippen LogP contribution >= 0.6 is 15.9 Å². The number of carbonyl (C=O) groups is 2. The Balaban J connectivity index is 1.96. The van der Waals surface area contributed by atoms with E-state index in [1.54, 1.807) is 31.2 Å². The molecule has 0 atom stereocenters. The minimum Gasteiger partial charge on any atom is -0.426 e. The van der Waals surface area contributed by atoms with Crippen LogP contribution in [0.3, 0.4) is 0 Å². The van der Waals surface area contributed by atoms with Gasteiger partial charge in [-0.05, 0) is 43.3 Å². The lowest BCUT2D eigenvalue weighted by Crippen LogP contribution is -2.07. The molecule has 2 aromatic carbocycles. The van der Waals surface area contributed by atoms with Gasteiger partial charge in [0.15, 0.2) is 5.70 Å². The Morgan fingerprint density at radius 3 is 2.65 bits per heavy atom. The molecule has 0 aliphatic carbocycles. The molecule has 26 heavy (non-hydrogen) atoms. The number of esters is 2. The van der Waals surface area contributed by atoms with E-state index < -0.39 is 5.97 Å². The van der Waals surface area contributed by atoms with Crippen LogP contribution in [0.5, 0.6) is 5.75 Å². The van der Waals surface area contributed by atoms with E-state index in [1.165, 1.54) is 0 Å². The van der Waals surface area contributed by atoms with Gasteiger partial charge >= 0.3 is 11.9 Å². The first kappa shape index (κ1) is 18.1. The first-order valence-electron chi connectivity index (χ1n) is 8.06. The Kier molecular flexibility index (Phi) is 5.32. The van der Waals surface area contributed by atoms with Crippen LogP contribution in [0.1, 0.15) is 30.0 Å². The number of hydrogen-bond donors (Lipinski definition) is 0. The van der Waals surface area contributed by atoms with Crippen molar-refractivity contribution >= 4 is 39.8 Å². The van der Waals surface area contributed by atoms with Gasteiger partial charge < -0.3 is 9.47 Å². The summed E-state index contributed by atoms with van der Waals surface area (Å²) in [4.78, 5) is 28.1. The summed E-state index contributed by atoms with van der Waals surface area (Å²) < 4.78 is 11.4. The maximum absolute atomic E-state index is 12.2. The molecule has 132 valence electrons. The maximum atomic E-state index is 12.2. The van der Waals surface area contributed by atoms with E-state index in [0.29, 0.717) is 11.3 Å². The molecule has 0 saturated heterocycles. The minimum absolute atomic E-state index is 0.146. The SMILES string of the molecule is CCC(=O)Oc1ccc(Br)cc1/C=C1\N=C(c2ccc(C)cc2)OC1=O. The molecule has 0 N–H and O–H groups in total. The van der Waals surface area contributed by atoms with Crippen LogP contribution in [0, 0.1) is 6.92 Å². The number of ether oxygens (including phenoxy) is 2. The maximum Gasteiger partial charge on any atom is 0.363 e. The van der Waals surface area contributed by atoms with Crippen molar-refractivity contribution in [2.75, 3.05) is 0 Å². The van der Waals surface area contributed by atoms with Gasteiger partial charge in [-0.3, -0.25) is 4.79 Å². The topological polar surface area (TPSA) is 65.0 Å². The van der Waals surface area contributed by atoms with E-state index in [9.17, 15) is 9.59 Å². The second kappa shape index (κ2) is 7.66. The Labute approximate surface area is 159 Å². The highest BCUT2D eigenvalue weighted by atomic mass is 79.9. The zero-order valence-electron chi connectivity index (χ0n) is 14.3. The van der Waals surface area contributed by atoms with Gasteiger partial charge in [0.05, 0.1) is 0 Å². The number of aliphatic imine (C=N–C) groups is 1. The zero-order chi connectivity index (χ0) is 18.7. The van der Waals surface area contributed by atoms with Gasteiger partial charge in [0.25, 0.3) is 0 Å². The van der Waals surface area contributed by atoms with Gasteiger partial charge in [-0.15, -0.1) is 0 Å². The molecule has 1 aliphatic heterocycles. The van der Waals surface area contributed by atoms with Gasteiger partial charge in [-0.2, -0.15) is 0 Å². The fraction of sp³-hybridized carbons (Fsp3) is 0.150. The molecule has 0 aromatic heterocycles. The third-order valence-electron chi connectivity index (χ3n) is 3.70. The van der Waals surface area contributed by atoms with E-state index in [1.807, 2.05) is 31.2 Å². The van der Waals surface area contributed by atoms with E-state index in [4.69, 9.17) is 9.47 Å². The quantitative estimate of drug-likeness (QED) is 0.422. The van der Waals surface area contributed by atoms with Crippen molar-refractivity contribution in [2.24, 2.45) is 4.99 Å². The normalized spacial score (nSPS) is 15.0. The van der Waals surface area contributed by atoms with E-state index in [-0.39, 0.29) is 24.0 Å². The summed E-state index contributed by atoms with van der Waals surface area (Å²) in [6.07, 6.45) is 1.80. The molecule has 0 saturated carbocycles. The van der Waals surface area contributed by atoms with Gasteiger partial charge in [0.1, 0.15) is 5.75 Å². The number of benzene rings is 2. The summed E-state index contributed by atoms with van der Waals surface area (Å²) in [5, 5.41) is 0. The van der Waals surface area contributed by atoms with Gasteiger partial charge in [-0.1, -0.05) is 40.5 Å². The van der Waals surface area contributed by atoms with Crippen molar-refractivity contribution < 1.29 is 19.1 Å². The van der Waals surface area contributed by atoms with Crippen molar-refractivity contribution in [3.63, 3.8) is 0 Å². The summed E-state index contributed by atoms with van der Waals surface area (Å²) in [7, 11) is 0. The van der Waals surface area contributed by atoms with E-state index in [0.717, 1.165) is 15.6 Å². The Bertz CT molecular complexity index is 929. The van der Waals surface area contributed by atoms with Crippen LogP contribution in [0.4, 0.5) is 0 Å². The van der Waals surface area contributed by atoms with Crippen molar-refractivity contribution in [1.29, 1.82) is 0 Å². The predicted molar refractivity (Wildman–Crippen MR) is 102 cm³/mol. The smallest absolute Gasteiger partial charge is 0.363 e. The number of carbonyl (C=O) groups excluding carboxylic acids is 2. The molecule has 1 aliphatic rings. The number of halogens is 1. The average Bonchev–Trinajstić information content (AvgIpc) is 2.98. The van der Waals surface area contributed by atoms with Crippen LogP contribution in [0.15, 0.2) is 57.6 Å². The Morgan fingerprint density at radius 1 is 1.23 bits per heavy atom. The highest BCUT2D eigenvalue weighted by molar-refractivity contribution is 9.10. The first-order valence-corrected chi connectivity index (χ1v) is 8.85. The molecule has 1 heterocycles. The molecule has 0 amide bonds. The lowest BCUT2D eigenvalue weighted by Gasteiger charge is -2.07. The summed E-state index contributed by atoms with van der Waals surface area (Å²) in [6, 6.07) is 12.7. The molecule has 0 spiro atoms. The predicted octanol–water partition coefficient (Wildman–Crippen LogP) is 4.42. The fourth-order valence-corrected chi connectivity index (χ4v) is 2.67. The molecule has 5 nitrogen and oxygen atoms in total. The first-order chi connectivity index (χ1) is 12.5. The van der Waals surface area contributed by atoms with Gasteiger partial charge in [-0.25, -0.2) is 9.79 Å². The highest BCUT2D eigenvalue weighted by Crippen LogP contribution is 2.28. The summed E-state index contributed by atoms with van der Waals surface area (Å²) >= 11 is 3.38. The zero-order valence-corrected chi connectivity index (χ0v) is 15.9. The third kappa shape index (κ3) is 4.08. The van der Waals surface area contributed by atoms with E-state index in [2.05, 4.69) is 20.9 Å². The highest BCUT2D eigenvalue weighted by Gasteiger charge is 2.24. The molecule has 2 aromatic rings. The number of hydrogen-bond acceptors (Lipinski definition) is 5. The number of cyclic esters (lactones) is 1. The molecular formula is C20H16BrNO4. The minimum atomic E-state index is -0.548. The number of nitrogens with zero attached hydrogens (tertiary/aromatic N) is 1. The molecule has 3 rings (SSSR count). The van der Waals surface area contributed by atoms with Crippen molar-refractivity contribution in [1.82, 2.24) is 0 Å². The van der Waals surface area contributed by atoms with Crippen LogP contribution in [0.2, 0.25) is 0 Å². The summed E-state index contributed by atoms with van der Waals surface area (Å²) in [5.74, 6) is -0.291. The monoisotopic (exact) mass is 413 g/mol. The van der Waals surface area contributed by atoms with Crippen LogP contribution in [0.25, 0.3) is 6.08 Å². The third-order valence-corrected chi connectivity index (χ3v) is 4.19. The molecule has 0 radical (unpaired) electrons. The van der Waals surface area contributed by atoms with E-state index >= 15 is 0 Å². The lowest BCUT2D eigenvalue weighted by molar-refractivity contribution is -0.134. The second-order valence-corrected chi connectivity index (χ2v) is 6.63. The van der Waals surface area contributed by atoms with Crippen molar-refractivity contribution in [3.05, 3.63) is 69.3 Å². The number of rotatable bonds is 4. The molecule has 0 unspecified atom stereocenters. The lowest BCUT2D eigenvalue weighted by atomic mass is 10.1. The molecule has 0 bridgehead atoms. The molecule has 0 fully saturated rings. The van der Waals surface area contributed by atoms with Crippen molar-refractivity contribution in [2.45, 2.75) is 20.3 Å². The fourth-order valence-electron chi connectivity index (χ4n) is 2.30. The summed E-state index contributed by atoms with van der Waals surface area (Å²) in [6.45, 7) is 3.69. The number of aryl methyl sites for hydroxylation is 1. The summed E-state index contributed by atoms with van der Waals surface area (Å²) in [5.41, 5.74) is 2.53. The second-order valence-electron chi connectivity index (χ2n) is 5.71. The van der Waals surface area contributed by atoms with Crippen molar-refractivity contribution in [3.8, 4) is 5.75 Å². The van der Waals surface area contributed by atoms with Crippen LogP contribution < -0.4 is 4.74 Å². The average molecular weight is 414 g/mol. The van der Waals surface area contributed by atoms with Crippen LogP contribution in [-0.2, 0) is 14.3 Å². The van der Waals surface area contributed by atoms with Gasteiger partial charge in [0.2, 0.25) is 5.90 Å². The largest absolute Gasteiger partial charge is 0.426 e. The Morgan fingerprint density at radius 2 is 1.96 bits per heavy atom. The van der Waals surface area contributed by atoms with Gasteiger partial charge in [0, 0.05) is 22.0 Å². The molecule has 6 heteroatoms. The van der Waals surface area contributed by atoms with Crippen LogP contribution in [-0.4, -0.2) is 17.8 Å². The molecular weight excluding hydrogens is 398 g/mol.